The smallest absolute Gasteiger partial charge is 0.322 e. The molecule has 1 aliphatic rings. The Morgan fingerprint density at radius 2 is 2.32 bits per heavy atom. The van der Waals surface area contributed by atoms with E-state index in [0.29, 0.717) is 18.7 Å². The number of hydrogen-bond acceptors (Lipinski definition) is 6. The number of hydrogen-bond donors (Lipinski definition) is 2. The second-order valence-corrected chi connectivity index (χ2v) is 5.00. The zero-order valence-corrected chi connectivity index (χ0v) is 12.0. The maximum absolute atomic E-state index is 11.4. The van der Waals surface area contributed by atoms with E-state index < -0.39 is 5.60 Å². The monoisotopic (exact) mass is 290 g/mol. The van der Waals surface area contributed by atoms with Gasteiger partial charge in [-0.3, -0.25) is 4.79 Å². The summed E-state index contributed by atoms with van der Waals surface area (Å²) in [6.07, 6.45) is 2.13. The molecule has 2 N–H and O–H groups in total. The Labute approximate surface area is 117 Å². The van der Waals surface area contributed by atoms with Crippen molar-refractivity contribution in [1.29, 1.82) is 0 Å². The van der Waals surface area contributed by atoms with Crippen molar-refractivity contribution < 1.29 is 14.6 Å². The van der Waals surface area contributed by atoms with Gasteiger partial charge in [0.15, 0.2) is 0 Å². The van der Waals surface area contributed by atoms with Gasteiger partial charge >= 0.3 is 5.97 Å². The standard InChI is InChI=1S/C11H18N4O3.ClH/c1-11(2,17)9-6-13-14-15(9)7-4-8(12-5-7)10(16)18-3;/h6-8,12,17H,4-5H2,1-3H3;1H/t7-,8-;/m0./s1. The summed E-state index contributed by atoms with van der Waals surface area (Å²) in [7, 11) is 1.37. The van der Waals surface area contributed by atoms with Crippen molar-refractivity contribution in [2.24, 2.45) is 0 Å². The van der Waals surface area contributed by atoms with E-state index in [4.69, 9.17) is 4.74 Å². The van der Waals surface area contributed by atoms with Crippen LogP contribution >= 0.6 is 12.4 Å². The molecule has 1 aromatic rings. The predicted octanol–water partition coefficient (Wildman–Crippen LogP) is 0.00330. The second kappa shape index (κ2) is 5.85. The molecule has 2 rings (SSSR count). The van der Waals surface area contributed by atoms with Gasteiger partial charge in [0.1, 0.15) is 11.6 Å². The quantitative estimate of drug-likeness (QED) is 0.762. The number of ether oxygens (including phenoxy) is 1. The fourth-order valence-corrected chi connectivity index (χ4v) is 2.18. The first-order valence-electron chi connectivity index (χ1n) is 5.87. The minimum Gasteiger partial charge on any atom is -0.468 e. The van der Waals surface area contributed by atoms with Crippen molar-refractivity contribution in [2.45, 2.75) is 38.0 Å². The van der Waals surface area contributed by atoms with Crippen LogP contribution in [0.15, 0.2) is 6.20 Å². The minimum atomic E-state index is -1.01. The molecule has 0 unspecified atom stereocenters. The molecule has 19 heavy (non-hydrogen) atoms. The van der Waals surface area contributed by atoms with Crippen LogP contribution in [-0.4, -0.2) is 45.8 Å². The van der Waals surface area contributed by atoms with E-state index in [1.54, 1.807) is 24.7 Å². The maximum Gasteiger partial charge on any atom is 0.322 e. The van der Waals surface area contributed by atoms with Crippen LogP contribution in [0.3, 0.4) is 0 Å². The molecule has 7 nitrogen and oxygen atoms in total. The van der Waals surface area contributed by atoms with Crippen LogP contribution in [0.25, 0.3) is 0 Å². The molecule has 8 heteroatoms. The van der Waals surface area contributed by atoms with Crippen LogP contribution < -0.4 is 5.32 Å². The molecular weight excluding hydrogens is 272 g/mol. The molecule has 1 aromatic heterocycles. The highest BCUT2D eigenvalue weighted by molar-refractivity contribution is 5.85. The summed E-state index contributed by atoms with van der Waals surface area (Å²) in [5.74, 6) is -0.276. The Morgan fingerprint density at radius 3 is 2.89 bits per heavy atom. The van der Waals surface area contributed by atoms with Gasteiger partial charge in [0.25, 0.3) is 0 Å². The largest absolute Gasteiger partial charge is 0.468 e. The molecule has 0 bridgehead atoms. The number of halogens is 1. The molecule has 1 fully saturated rings. The van der Waals surface area contributed by atoms with Crippen LogP contribution in [0.5, 0.6) is 0 Å². The van der Waals surface area contributed by atoms with Crippen LogP contribution in [0.4, 0.5) is 0 Å². The molecule has 0 aliphatic carbocycles. The summed E-state index contributed by atoms with van der Waals surface area (Å²) >= 11 is 0. The first kappa shape index (κ1) is 15.9. The van der Waals surface area contributed by atoms with Gasteiger partial charge in [-0.05, 0) is 20.3 Å². The van der Waals surface area contributed by atoms with E-state index in [2.05, 4.69) is 15.6 Å². The lowest BCUT2D eigenvalue weighted by Crippen LogP contribution is -2.31. The topological polar surface area (TPSA) is 89.3 Å². The zero-order valence-electron chi connectivity index (χ0n) is 11.2. The summed E-state index contributed by atoms with van der Waals surface area (Å²) in [6, 6.07) is -0.322. The van der Waals surface area contributed by atoms with E-state index >= 15 is 0 Å². The Bertz CT molecular complexity index is 443. The lowest BCUT2D eigenvalue weighted by Gasteiger charge is -2.21. The fraction of sp³-hybridized carbons (Fsp3) is 0.727. The van der Waals surface area contributed by atoms with Gasteiger partial charge in [0, 0.05) is 6.54 Å². The first-order valence-corrected chi connectivity index (χ1v) is 5.87. The molecule has 108 valence electrons. The highest BCUT2D eigenvalue weighted by Gasteiger charge is 2.34. The van der Waals surface area contributed by atoms with Gasteiger partial charge in [-0.2, -0.15) is 0 Å². The highest BCUT2D eigenvalue weighted by Crippen LogP contribution is 2.26. The third-order valence-corrected chi connectivity index (χ3v) is 3.14. The summed E-state index contributed by atoms with van der Waals surface area (Å²) in [6.45, 7) is 3.97. The van der Waals surface area contributed by atoms with Gasteiger partial charge in [0.2, 0.25) is 0 Å². The van der Waals surface area contributed by atoms with Gasteiger partial charge in [0.05, 0.1) is 25.0 Å². The van der Waals surface area contributed by atoms with Crippen LogP contribution in [0, 0.1) is 0 Å². The number of rotatable bonds is 3. The van der Waals surface area contributed by atoms with Crippen molar-refractivity contribution in [3.05, 3.63) is 11.9 Å². The van der Waals surface area contributed by atoms with Crippen LogP contribution in [0.2, 0.25) is 0 Å². The van der Waals surface area contributed by atoms with Gasteiger partial charge < -0.3 is 15.2 Å². The zero-order chi connectivity index (χ0) is 13.3. The number of aromatic nitrogens is 3. The highest BCUT2D eigenvalue weighted by atomic mass is 35.5. The summed E-state index contributed by atoms with van der Waals surface area (Å²) < 4.78 is 6.38. The molecule has 0 radical (unpaired) electrons. The maximum atomic E-state index is 11.4. The minimum absolute atomic E-state index is 0. The van der Waals surface area contributed by atoms with E-state index in [9.17, 15) is 9.90 Å². The summed E-state index contributed by atoms with van der Waals surface area (Å²) in [5, 5.41) is 20.9. The number of esters is 1. The number of carbonyl (C=O) groups excluding carboxylic acids is 1. The third kappa shape index (κ3) is 3.23. The SMILES string of the molecule is COC(=O)[C@@H]1C[C@H](n2nncc2C(C)(C)O)CN1.Cl. The van der Waals surface area contributed by atoms with Crippen molar-refractivity contribution >= 4 is 18.4 Å². The Hall–Kier alpha value is -1.18. The van der Waals surface area contributed by atoms with Crippen molar-refractivity contribution in [1.82, 2.24) is 20.3 Å². The predicted molar refractivity (Wildman–Crippen MR) is 70.0 cm³/mol. The first-order chi connectivity index (χ1) is 8.43. The van der Waals surface area contributed by atoms with Crippen LogP contribution in [-0.2, 0) is 15.1 Å². The summed E-state index contributed by atoms with van der Waals surface area (Å²) in [4.78, 5) is 11.4. The average Bonchev–Trinajstić information content (AvgIpc) is 2.94. The molecule has 2 heterocycles. The fourth-order valence-electron chi connectivity index (χ4n) is 2.18. The van der Waals surface area contributed by atoms with Gasteiger partial charge in [-0.1, -0.05) is 5.21 Å². The molecule has 0 amide bonds. The number of methoxy groups -OCH3 is 1. The molecule has 1 aliphatic heterocycles. The Balaban J connectivity index is 0.00000180. The van der Waals surface area contributed by atoms with Gasteiger partial charge in [-0.25, -0.2) is 4.68 Å². The van der Waals surface area contributed by atoms with E-state index in [0.717, 1.165) is 0 Å². The Kier molecular flexibility index (Phi) is 4.89. The average molecular weight is 291 g/mol. The van der Waals surface area contributed by atoms with Crippen molar-refractivity contribution in [2.75, 3.05) is 13.7 Å². The number of aliphatic hydroxyl groups is 1. The molecule has 1 saturated heterocycles. The lowest BCUT2D eigenvalue weighted by atomic mass is 10.1. The third-order valence-electron chi connectivity index (χ3n) is 3.14. The van der Waals surface area contributed by atoms with Crippen molar-refractivity contribution in [3.8, 4) is 0 Å². The molecule has 0 saturated carbocycles. The van der Waals surface area contributed by atoms with E-state index in [1.807, 2.05) is 0 Å². The van der Waals surface area contributed by atoms with Gasteiger partial charge in [-0.15, -0.1) is 17.5 Å². The normalized spacial score (nSPS) is 22.9. The molecule has 0 spiro atoms. The number of nitrogens with one attached hydrogen (secondary N) is 1. The molecular formula is C11H19ClN4O3. The van der Waals surface area contributed by atoms with Crippen LogP contribution in [0.1, 0.15) is 32.0 Å². The lowest BCUT2D eigenvalue weighted by molar-refractivity contribution is -0.142. The molecule has 0 aromatic carbocycles. The number of nitrogens with zero attached hydrogens (tertiary/aromatic N) is 3. The summed E-state index contributed by atoms with van der Waals surface area (Å²) in [5.41, 5.74) is -0.368. The van der Waals surface area contributed by atoms with E-state index in [1.165, 1.54) is 7.11 Å². The second-order valence-electron chi connectivity index (χ2n) is 5.00. The van der Waals surface area contributed by atoms with E-state index in [-0.39, 0.29) is 30.5 Å². The number of carbonyl (C=O) groups is 1. The Morgan fingerprint density at radius 1 is 1.63 bits per heavy atom. The van der Waals surface area contributed by atoms with Crippen molar-refractivity contribution in [3.63, 3.8) is 0 Å². The molecule has 2 atom stereocenters.